The molecule has 0 radical (unpaired) electrons. The number of pyridine rings is 1. The summed E-state index contributed by atoms with van der Waals surface area (Å²) < 4.78 is 4.94. The molecular weight excluding hydrogens is 232 g/mol. The minimum Gasteiger partial charge on any atom is -0.481 e. The molecule has 2 N–H and O–H groups in total. The fourth-order valence-corrected chi connectivity index (χ4v) is 1.28. The molecule has 0 fully saturated rings. The standard InChI is InChI=1S/C12H16N4O2/c1-18-12-4-3-10(8-16-12)7-14-9-11(17)15-6-2-5-13/h3-4,8,14H,2,6-7,9H2,1H3,(H,15,17). The van der Waals surface area contributed by atoms with Crippen LogP contribution >= 0.6 is 0 Å². The van der Waals surface area contributed by atoms with Crippen LogP contribution in [0.2, 0.25) is 0 Å². The van der Waals surface area contributed by atoms with E-state index in [9.17, 15) is 4.79 Å². The van der Waals surface area contributed by atoms with E-state index >= 15 is 0 Å². The second kappa shape index (κ2) is 8.03. The molecule has 1 heterocycles. The van der Waals surface area contributed by atoms with Crippen molar-refractivity contribution >= 4 is 5.91 Å². The Bertz CT molecular complexity index is 411. The van der Waals surface area contributed by atoms with E-state index in [4.69, 9.17) is 10.00 Å². The van der Waals surface area contributed by atoms with Crippen LogP contribution in [0, 0.1) is 11.3 Å². The zero-order valence-corrected chi connectivity index (χ0v) is 10.3. The molecule has 0 aliphatic carbocycles. The van der Waals surface area contributed by atoms with Crippen LogP contribution < -0.4 is 15.4 Å². The maximum absolute atomic E-state index is 11.3. The number of nitriles is 1. The lowest BCUT2D eigenvalue weighted by molar-refractivity contribution is -0.120. The monoisotopic (exact) mass is 248 g/mol. The molecule has 0 aliphatic rings. The summed E-state index contributed by atoms with van der Waals surface area (Å²) in [5.41, 5.74) is 0.973. The highest BCUT2D eigenvalue weighted by Crippen LogP contribution is 2.05. The normalized spacial score (nSPS) is 9.56. The number of carbonyl (C=O) groups is 1. The zero-order valence-electron chi connectivity index (χ0n) is 10.3. The third kappa shape index (κ3) is 5.27. The molecular formula is C12H16N4O2. The van der Waals surface area contributed by atoms with Gasteiger partial charge in [0.05, 0.1) is 26.1 Å². The van der Waals surface area contributed by atoms with Crippen LogP contribution in [0.3, 0.4) is 0 Å². The third-order valence-corrected chi connectivity index (χ3v) is 2.18. The second-order valence-electron chi connectivity index (χ2n) is 3.57. The van der Waals surface area contributed by atoms with Gasteiger partial charge in [0.25, 0.3) is 0 Å². The van der Waals surface area contributed by atoms with E-state index in [1.54, 1.807) is 19.4 Å². The van der Waals surface area contributed by atoms with Gasteiger partial charge in [-0.15, -0.1) is 0 Å². The second-order valence-corrected chi connectivity index (χ2v) is 3.57. The largest absolute Gasteiger partial charge is 0.481 e. The Hall–Kier alpha value is -2.13. The van der Waals surface area contributed by atoms with Crippen molar-refractivity contribution in [1.82, 2.24) is 15.6 Å². The summed E-state index contributed by atoms with van der Waals surface area (Å²) in [6.45, 7) is 1.17. The summed E-state index contributed by atoms with van der Waals surface area (Å²) in [7, 11) is 1.56. The van der Waals surface area contributed by atoms with Crippen molar-refractivity contribution in [2.75, 3.05) is 20.2 Å². The van der Waals surface area contributed by atoms with Crippen LogP contribution in [0.25, 0.3) is 0 Å². The van der Waals surface area contributed by atoms with E-state index in [1.807, 2.05) is 12.1 Å². The maximum atomic E-state index is 11.3. The van der Waals surface area contributed by atoms with Gasteiger partial charge in [-0.05, 0) is 5.56 Å². The summed E-state index contributed by atoms with van der Waals surface area (Å²) in [5, 5.41) is 13.9. The number of carbonyl (C=O) groups excluding carboxylic acids is 1. The number of amides is 1. The molecule has 0 bridgehead atoms. The van der Waals surface area contributed by atoms with Gasteiger partial charge in [-0.25, -0.2) is 4.98 Å². The van der Waals surface area contributed by atoms with Gasteiger partial charge < -0.3 is 15.4 Å². The van der Waals surface area contributed by atoms with Crippen LogP contribution in [0.1, 0.15) is 12.0 Å². The summed E-state index contributed by atoms with van der Waals surface area (Å²) in [5.74, 6) is 0.444. The van der Waals surface area contributed by atoms with Crippen molar-refractivity contribution in [3.8, 4) is 11.9 Å². The molecule has 1 rings (SSSR count). The van der Waals surface area contributed by atoms with Crippen molar-refractivity contribution in [3.05, 3.63) is 23.9 Å². The average molecular weight is 248 g/mol. The smallest absolute Gasteiger partial charge is 0.234 e. The minimum absolute atomic E-state index is 0.119. The molecule has 0 aliphatic heterocycles. The molecule has 6 heteroatoms. The molecule has 0 spiro atoms. The lowest BCUT2D eigenvalue weighted by atomic mass is 10.3. The molecule has 0 saturated carbocycles. The van der Waals surface area contributed by atoms with E-state index in [1.165, 1.54) is 0 Å². The van der Waals surface area contributed by atoms with Crippen LogP contribution in [0.15, 0.2) is 18.3 Å². The Morgan fingerprint density at radius 2 is 2.39 bits per heavy atom. The summed E-state index contributed by atoms with van der Waals surface area (Å²) in [6.07, 6.45) is 2.02. The Balaban J connectivity index is 2.20. The number of hydrogen-bond acceptors (Lipinski definition) is 5. The van der Waals surface area contributed by atoms with E-state index in [2.05, 4.69) is 15.6 Å². The number of methoxy groups -OCH3 is 1. The highest BCUT2D eigenvalue weighted by molar-refractivity contribution is 5.77. The fourth-order valence-electron chi connectivity index (χ4n) is 1.28. The third-order valence-electron chi connectivity index (χ3n) is 2.18. The van der Waals surface area contributed by atoms with Crippen molar-refractivity contribution in [2.45, 2.75) is 13.0 Å². The number of ether oxygens (including phenoxy) is 1. The average Bonchev–Trinajstić information content (AvgIpc) is 2.40. The molecule has 1 aromatic heterocycles. The fraction of sp³-hybridized carbons (Fsp3) is 0.417. The van der Waals surface area contributed by atoms with Crippen LogP contribution in [-0.4, -0.2) is 31.1 Å². The number of aromatic nitrogens is 1. The highest BCUT2D eigenvalue weighted by Gasteiger charge is 2.00. The first kappa shape index (κ1) is 13.9. The van der Waals surface area contributed by atoms with Gasteiger partial charge >= 0.3 is 0 Å². The van der Waals surface area contributed by atoms with Crippen LogP contribution in [-0.2, 0) is 11.3 Å². The lowest BCUT2D eigenvalue weighted by Crippen LogP contribution is -2.34. The zero-order chi connectivity index (χ0) is 13.2. The molecule has 18 heavy (non-hydrogen) atoms. The summed E-state index contributed by atoms with van der Waals surface area (Å²) in [4.78, 5) is 15.3. The number of nitrogens with one attached hydrogen (secondary N) is 2. The molecule has 0 unspecified atom stereocenters. The van der Waals surface area contributed by atoms with Gasteiger partial charge in [0, 0.05) is 25.4 Å². The molecule has 1 amide bonds. The number of hydrogen-bond donors (Lipinski definition) is 2. The first-order valence-electron chi connectivity index (χ1n) is 5.59. The van der Waals surface area contributed by atoms with Crippen molar-refractivity contribution < 1.29 is 9.53 Å². The first-order chi connectivity index (χ1) is 8.76. The van der Waals surface area contributed by atoms with Gasteiger partial charge in [-0.2, -0.15) is 5.26 Å². The Morgan fingerprint density at radius 1 is 1.56 bits per heavy atom. The SMILES string of the molecule is COc1ccc(CNCC(=O)NCCC#N)cn1. The summed E-state index contributed by atoms with van der Waals surface area (Å²) in [6, 6.07) is 5.61. The predicted octanol–water partition coefficient (Wildman–Crippen LogP) is 0.210. The Morgan fingerprint density at radius 3 is 3.00 bits per heavy atom. The molecule has 0 atom stereocenters. The quantitative estimate of drug-likeness (QED) is 0.673. The van der Waals surface area contributed by atoms with Gasteiger partial charge in [0.15, 0.2) is 0 Å². The van der Waals surface area contributed by atoms with E-state index < -0.39 is 0 Å². The van der Waals surface area contributed by atoms with Crippen molar-refractivity contribution in [2.24, 2.45) is 0 Å². The van der Waals surface area contributed by atoms with Gasteiger partial charge in [0.2, 0.25) is 11.8 Å². The van der Waals surface area contributed by atoms with Gasteiger partial charge in [-0.1, -0.05) is 6.07 Å². The predicted molar refractivity (Wildman–Crippen MR) is 65.7 cm³/mol. The van der Waals surface area contributed by atoms with Crippen molar-refractivity contribution in [3.63, 3.8) is 0 Å². The minimum atomic E-state index is -0.119. The Labute approximate surface area is 106 Å². The summed E-state index contributed by atoms with van der Waals surface area (Å²) >= 11 is 0. The molecule has 0 saturated heterocycles. The van der Waals surface area contributed by atoms with E-state index in [-0.39, 0.29) is 12.5 Å². The van der Waals surface area contributed by atoms with E-state index in [0.29, 0.717) is 25.4 Å². The molecule has 1 aromatic rings. The maximum Gasteiger partial charge on any atom is 0.234 e. The molecule has 0 aromatic carbocycles. The Kier molecular flexibility index (Phi) is 6.22. The van der Waals surface area contributed by atoms with Crippen LogP contribution in [0.4, 0.5) is 0 Å². The topological polar surface area (TPSA) is 87.0 Å². The van der Waals surface area contributed by atoms with Gasteiger partial charge in [-0.3, -0.25) is 4.79 Å². The first-order valence-corrected chi connectivity index (χ1v) is 5.59. The van der Waals surface area contributed by atoms with Gasteiger partial charge in [0.1, 0.15) is 0 Å². The van der Waals surface area contributed by atoms with E-state index in [0.717, 1.165) is 5.56 Å². The van der Waals surface area contributed by atoms with Crippen molar-refractivity contribution in [1.29, 1.82) is 5.26 Å². The lowest BCUT2D eigenvalue weighted by Gasteiger charge is -2.05. The number of rotatable bonds is 7. The molecule has 6 nitrogen and oxygen atoms in total. The van der Waals surface area contributed by atoms with Crippen LogP contribution in [0.5, 0.6) is 5.88 Å². The molecule has 96 valence electrons. The highest BCUT2D eigenvalue weighted by atomic mass is 16.5. The number of nitrogens with zero attached hydrogens (tertiary/aromatic N) is 2.